The van der Waals surface area contributed by atoms with E-state index in [0.29, 0.717) is 6.04 Å². The minimum atomic E-state index is -0.134. The molecule has 1 N–H and O–H groups in total. The molecule has 0 aliphatic heterocycles. The van der Waals surface area contributed by atoms with Gasteiger partial charge in [0, 0.05) is 23.7 Å². The zero-order valence-corrected chi connectivity index (χ0v) is 11.1. The number of aromatic nitrogens is 1. The zero-order chi connectivity index (χ0) is 12.5. The van der Waals surface area contributed by atoms with Crippen LogP contribution in [0.15, 0.2) is 24.4 Å². The highest BCUT2D eigenvalue weighted by Crippen LogP contribution is 2.31. The van der Waals surface area contributed by atoms with Crippen molar-refractivity contribution < 1.29 is 4.39 Å². The molecule has 1 atom stereocenters. The third kappa shape index (κ3) is 2.31. The first-order valence-corrected chi connectivity index (χ1v) is 6.97. The van der Waals surface area contributed by atoms with E-state index < -0.39 is 0 Å². The van der Waals surface area contributed by atoms with Crippen LogP contribution in [0.4, 0.5) is 4.39 Å². The van der Waals surface area contributed by atoms with Gasteiger partial charge >= 0.3 is 0 Å². The Morgan fingerprint density at radius 2 is 2.39 bits per heavy atom. The molecule has 0 saturated carbocycles. The van der Waals surface area contributed by atoms with Crippen molar-refractivity contribution in [3.8, 4) is 0 Å². The quantitative estimate of drug-likeness (QED) is 0.917. The summed E-state index contributed by atoms with van der Waals surface area (Å²) in [5.74, 6) is -0.134. The number of halogens is 1. The van der Waals surface area contributed by atoms with Crippen LogP contribution in [0.3, 0.4) is 0 Å². The molecule has 18 heavy (non-hydrogen) atoms. The summed E-state index contributed by atoms with van der Waals surface area (Å²) < 4.78 is 13.1. The third-order valence-electron chi connectivity index (χ3n) is 3.35. The van der Waals surface area contributed by atoms with Crippen LogP contribution < -0.4 is 5.32 Å². The summed E-state index contributed by atoms with van der Waals surface area (Å²) in [6.07, 6.45) is 3.91. The first-order valence-electron chi connectivity index (χ1n) is 6.15. The molecule has 1 aromatic heterocycles. The number of thiazole rings is 1. The summed E-state index contributed by atoms with van der Waals surface area (Å²) in [6, 6.07) is 5.45. The first-order chi connectivity index (χ1) is 8.72. The van der Waals surface area contributed by atoms with Gasteiger partial charge in [0.05, 0.1) is 0 Å². The molecule has 2 nitrogen and oxygen atoms in total. The van der Waals surface area contributed by atoms with E-state index in [1.54, 1.807) is 23.5 Å². The van der Waals surface area contributed by atoms with Gasteiger partial charge in [0.15, 0.2) is 0 Å². The molecule has 1 unspecified atom stereocenters. The number of aryl methyl sites for hydroxylation is 2. The second-order valence-electron chi connectivity index (χ2n) is 4.68. The lowest BCUT2D eigenvalue weighted by molar-refractivity contribution is 0.529. The van der Waals surface area contributed by atoms with Gasteiger partial charge in [-0.05, 0) is 43.0 Å². The second kappa shape index (κ2) is 4.78. The predicted octanol–water partition coefficient (Wildman–Crippen LogP) is 3.37. The van der Waals surface area contributed by atoms with Crippen molar-refractivity contribution in [2.24, 2.45) is 0 Å². The number of benzene rings is 1. The molecule has 0 fully saturated rings. The monoisotopic (exact) mass is 262 g/mol. The highest BCUT2D eigenvalue weighted by Gasteiger charge is 2.22. The molecule has 0 bridgehead atoms. The summed E-state index contributed by atoms with van der Waals surface area (Å²) in [7, 11) is 0. The van der Waals surface area contributed by atoms with Crippen LogP contribution in [-0.4, -0.2) is 4.98 Å². The molecular weight excluding hydrogens is 247 g/mol. The minimum absolute atomic E-state index is 0.134. The van der Waals surface area contributed by atoms with Crippen molar-refractivity contribution in [3.63, 3.8) is 0 Å². The number of fused-ring (bicyclic) bond motifs is 1. The van der Waals surface area contributed by atoms with Crippen molar-refractivity contribution in [3.05, 3.63) is 51.2 Å². The molecule has 2 aromatic rings. The minimum Gasteiger partial charge on any atom is -0.304 e. The normalized spacial score (nSPS) is 18.0. The number of rotatable bonds is 3. The maximum Gasteiger partial charge on any atom is 0.123 e. The summed E-state index contributed by atoms with van der Waals surface area (Å²) in [4.78, 5) is 5.58. The van der Waals surface area contributed by atoms with E-state index in [-0.39, 0.29) is 5.82 Å². The fourth-order valence-electron chi connectivity index (χ4n) is 2.49. The Labute approximate surface area is 110 Å². The zero-order valence-electron chi connectivity index (χ0n) is 10.2. The van der Waals surface area contributed by atoms with Crippen molar-refractivity contribution in [2.75, 3.05) is 0 Å². The molecule has 4 heteroatoms. The van der Waals surface area contributed by atoms with Gasteiger partial charge in [0.1, 0.15) is 10.8 Å². The van der Waals surface area contributed by atoms with Gasteiger partial charge in [0.25, 0.3) is 0 Å². The molecule has 0 saturated heterocycles. The largest absolute Gasteiger partial charge is 0.304 e. The number of nitrogens with one attached hydrogen (secondary N) is 1. The number of hydrogen-bond donors (Lipinski definition) is 1. The number of hydrogen-bond acceptors (Lipinski definition) is 3. The van der Waals surface area contributed by atoms with Crippen LogP contribution in [0, 0.1) is 12.7 Å². The fourth-order valence-corrected chi connectivity index (χ4v) is 3.23. The molecule has 0 amide bonds. The van der Waals surface area contributed by atoms with Crippen molar-refractivity contribution in [1.82, 2.24) is 10.3 Å². The van der Waals surface area contributed by atoms with E-state index in [2.05, 4.69) is 17.2 Å². The van der Waals surface area contributed by atoms with E-state index in [9.17, 15) is 4.39 Å². The molecule has 1 aliphatic rings. The molecule has 1 heterocycles. The highest BCUT2D eigenvalue weighted by molar-refractivity contribution is 7.11. The molecule has 1 aromatic carbocycles. The van der Waals surface area contributed by atoms with Crippen LogP contribution in [0.5, 0.6) is 0 Å². The first kappa shape index (κ1) is 11.8. The average molecular weight is 262 g/mol. The summed E-state index contributed by atoms with van der Waals surface area (Å²) in [5.41, 5.74) is 2.38. The molecule has 3 rings (SSSR count). The summed E-state index contributed by atoms with van der Waals surface area (Å²) >= 11 is 1.72. The molecule has 1 aliphatic carbocycles. The lowest BCUT2D eigenvalue weighted by Gasteiger charge is -2.12. The Morgan fingerprint density at radius 3 is 3.17 bits per heavy atom. The van der Waals surface area contributed by atoms with Gasteiger partial charge in [-0.1, -0.05) is 6.07 Å². The van der Waals surface area contributed by atoms with Gasteiger partial charge < -0.3 is 5.32 Å². The van der Waals surface area contributed by atoms with Crippen molar-refractivity contribution in [1.29, 1.82) is 0 Å². The van der Waals surface area contributed by atoms with Gasteiger partial charge in [-0.15, -0.1) is 11.3 Å². The van der Waals surface area contributed by atoms with Gasteiger partial charge in [-0.3, -0.25) is 0 Å². The average Bonchev–Trinajstić information content (AvgIpc) is 2.92. The van der Waals surface area contributed by atoms with Gasteiger partial charge in [0.2, 0.25) is 0 Å². The third-order valence-corrected chi connectivity index (χ3v) is 4.26. The van der Waals surface area contributed by atoms with Crippen LogP contribution in [0.25, 0.3) is 0 Å². The summed E-state index contributed by atoms with van der Waals surface area (Å²) in [6.45, 7) is 2.86. The van der Waals surface area contributed by atoms with Crippen LogP contribution in [0.1, 0.15) is 33.5 Å². The van der Waals surface area contributed by atoms with Crippen LogP contribution in [0.2, 0.25) is 0 Å². The predicted molar refractivity (Wildman–Crippen MR) is 71.2 cm³/mol. The Morgan fingerprint density at radius 1 is 1.50 bits per heavy atom. The fraction of sp³-hybridized carbons (Fsp3) is 0.357. The SMILES string of the molecule is Cc1cnc(CNC2CCc3cc(F)ccc32)s1. The standard InChI is InChI=1S/C14H15FN2S/c1-9-7-17-14(18-9)8-16-13-5-2-10-6-11(15)3-4-12(10)13/h3-4,6-7,13,16H,2,5,8H2,1H3. The van der Waals surface area contributed by atoms with E-state index in [4.69, 9.17) is 0 Å². The maximum absolute atomic E-state index is 13.1. The van der Waals surface area contributed by atoms with E-state index in [1.807, 2.05) is 12.3 Å². The second-order valence-corrected chi connectivity index (χ2v) is 6.00. The Balaban J connectivity index is 1.69. The van der Waals surface area contributed by atoms with Crippen molar-refractivity contribution >= 4 is 11.3 Å². The van der Waals surface area contributed by atoms with Gasteiger partial charge in [-0.25, -0.2) is 9.37 Å². The van der Waals surface area contributed by atoms with E-state index in [0.717, 1.165) is 30.0 Å². The smallest absolute Gasteiger partial charge is 0.123 e. The molecular formula is C14H15FN2S. The maximum atomic E-state index is 13.1. The van der Waals surface area contributed by atoms with Gasteiger partial charge in [-0.2, -0.15) is 0 Å². The van der Waals surface area contributed by atoms with Crippen molar-refractivity contribution in [2.45, 2.75) is 32.4 Å². The summed E-state index contributed by atoms with van der Waals surface area (Å²) in [5, 5.41) is 4.63. The topological polar surface area (TPSA) is 24.9 Å². The molecule has 0 spiro atoms. The Hall–Kier alpha value is -1.26. The van der Waals surface area contributed by atoms with Crippen LogP contribution in [-0.2, 0) is 13.0 Å². The Bertz CT molecular complexity index is 565. The van der Waals surface area contributed by atoms with E-state index >= 15 is 0 Å². The number of nitrogens with zero attached hydrogens (tertiary/aromatic N) is 1. The lowest BCUT2D eigenvalue weighted by atomic mass is 10.1. The van der Waals surface area contributed by atoms with E-state index in [1.165, 1.54) is 10.4 Å². The molecule has 94 valence electrons. The Kier molecular flexibility index (Phi) is 3.14. The molecule has 0 radical (unpaired) electrons. The van der Waals surface area contributed by atoms with Crippen LogP contribution >= 0.6 is 11.3 Å². The highest BCUT2D eigenvalue weighted by atomic mass is 32.1. The lowest BCUT2D eigenvalue weighted by Crippen LogP contribution is -2.18.